The number of rotatable bonds is 6. The molecule has 2 aliphatic heterocycles. The van der Waals surface area contributed by atoms with Gasteiger partial charge in [0.15, 0.2) is 0 Å². The number of halogens is 1. The summed E-state index contributed by atoms with van der Waals surface area (Å²) in [6, 6.07) is 14.6. The van der Waals surface area contributed by atoms with E-state index in [9.17, 15) is 0 Å². The van der Waals surface area contributed by atoms with Crippen molar-refractivity contribution in [3.8, 4) is 11.4 Å². The summed E-state index contributed by atoms with van der Waals surface area (Å²) in [4.78, 5) is 15.5. The number of benzene rings is 2. The Labute approximate surface area is 214 Å². The maximum absolute atomic E-state index is 5.99. The fraction of sp³-hybridized carbons (Fsp3) is 0.308. The second-order valence-electron chi connectivity index (χ2n) is 8.99. The number of aryl methyl sites for hydroxylation is 1. The van der Waals surface area contributed by atoms with Crippen LogP contribution in [0.5, 0.6) is 5.75 Å². The Balaban J connectivity index is 1.25. The summed E-state index contributed by atoms with van der Waals surface area (Å²) in [5.41, 5.74) is 4.13. The number of imidazole rings is 1. The van der Waals surface area contributed by atoms with Gasteiger partial charge in [-0.3, -0.25) is 4.99 Å². The van der Waals surface area contributed by atoms with Crippen LogP contribution >= 0.6 is 11.6 Å². The van der Waals surface area contributed by atoms with Crippen LogP contribution in [-0.4, -0.2) is 50.9 Å². The van der Waals surface area contributed by atoms with Crippen molar-refractivity contribution >= 4 is 35.3 Å². The van der Waals surface area contributed by atoms with E-state index >= 15 is 0 Å². The lowest BCUT2D eigenvalue weighted by Gasteiger charge is -2.17. The van der Waals surface area contributed by atoms with Gasteiger partial charge in [-0.1, -0.05) is 30.2 Å². The van der Waals surface area contributed by atoms with Crippen LogP contribution in [0.15, 0.2) is 60.0 Å². The standard InChI is InChI=1S/C26H27ClN8O/c1-36-23-14-19(7-10-22(23)34-15-24(27)29-17-34)30-26-31-25-21(4-2-3-12-35(25)32-26)18-5-8-20(9-6-18)33-13-11-28-16-33/h5-10,14-17,21H,2-4,11-13H2,1H3,(H,30,32). The maximum atomic E-state index is 5.99. The molecule has 2 aromatic carbocycles. The number of methoxy groups -OCH3 is 1. The van der Waals surface area contributed by atoms with Crippen LogP contribution in [0.2, 0.25) is 5.15 Å². The summed E-state index contributed by atoms with van der Waals surface area (Å²) in [7, 11) is 1.64. The molecule has 1 unspecified atom stereocenters. The molecule has 9 nitrogen and oxygen atoms in total. The molecule has 0 aliphatic carbocycles. The van der Waals surface area contributed by atoms with Crippen molar-refractivity contribution in [2.45, 2.75) is 31.7 Å². The van der Waals surface area contributed by atoms with Crippen molar-refractivity contribution in [3.63, 3.8) is 0 Å². The second-order valence-corrected chi connectivity index (χ2v) is 9.37. The van der Waals surface area contributed by atoms with Crippen LogP contribution in [-0.2, 0) is 6.54 Å². The number of hydrogen-bond acceptors (Lipinski definition) is 7. The molecule has 0 spiro atoms. The fourth-order valence-corrected chi connectivity index (χ4v) is 5.03. The molecule has 0 saturated carbocycles. The maximum Gasteiger partial charge on any atom is 0.246 e. The Morgan fingerprint density at radius 2 is 1.97 bits per heavy atom. The first kappa shape index (κ1) is 22.6. The topological polar surface area (TPSA) is 85.4 Å². The summed E-state index contributed by atoms with van der Waals surface area (Å²) in [5, 5.41) is 8.59. The fourth-order valence-electron chi connectivity index (χ4n) is 4.89. The molecule has 0 radical (unpaired) electrons. The van der Waals surface area contributed by atoms with Crippen molar-refractivity contribution in [3.05, 3.63) is 71.5 Å². The van der Waals surface area contributed by atoms with Gasteiger partial charge in [0, 0.05) is 42.6 Å². The second kappa shape index (κ2) is 9.66. The van der Waals surface area contributed by atoms with E-state index in [0.717, 1.165) is 56.1 Å². The quantitative estimate of drug-likeness (QED) is 0.398. The zero-order valence-corrected chi connectivity index (χ0v) is 20.8. The van der Waals surface area contributed by atoms with Crippen LogP contribution in [0.4, 0.5) is 17.3 Å². The SMILES string of the molecule is COc1cc(Nc2nc3n(n2)CCCCC3c2ccc(N3C=NCC3)cc2)ccc1-n1cnc(Cl)c1. The highest BCUT2D eigenvalue weighted by molar-refractivity contribution is 6.29. The molecule has 1 atom stereocenters. The highest BCUT2D eigenvalue weighted by atomic mass is 35.5. The number of aliphatic imine (C=N–C) groups is 1. The van der Waals surface area contributed by atoms with Gasteiger partial charge in [-0.05, 0) is 42.7 Å². The summed E-state index contributed by atoms with van der Waals surface area (Å²) in [6.07, 6.45) is 8.61. The molecule has 2 aliphatic rings. The normalized spacial score (nSPS) is 17.2. The first-order valence-electron chi connectivity index (χ1n) is 12.1. The third-order valence-electron chi connectivity index (χ3n) is 6.71. The van der Waals surface area contributed by atoms with Gasteiger partial charge in [0.05, 0.1) is 25.7 Å². The smallest absolute Gasteiger partial charge is 0.246 e. The minimum absolute atomic E-state index is 0.208. The molecule has 10 heteroatoms. The summed E-state index contributed by atoms with van der Waals surface area (Å²) in [6.45, 7) is 2.66. The highest BCUT2D eigenvalue weighted by Gasteiger charge is 2.25. The van der Waals surface area contributed by atoms with Crippen molar-refractivity contribution in [2.24, 2.45) is 4.99 Å². The summed E-state index contributed by atoms with van der Waals surface area (Å²) >= 11 is 5.99. The van der Waals surface area contributed by atoms with E-state index in [4.69, 9.17) is 26.4 Å². The van der Waals surface area contributed by atoms with Crippen molar-refractivity contribution in [1.82, 2.24) is 24.3 Å². The molecule has 0 saturated heterocycles. The lowest BCUT2D eigenvalue weighted by atomic mass is 9.93. The lowest BCUT2D eigenvalue weighted by molar-refractivity contribution is 0.413. The number of fused-ring (bicyclic) bond motifs is 1. The van der Waals surface area contributed by atoms with Gasteiger partial charge in [0.25, 0.3) is 0 Å². The Morgan fingerprint density at radius 1 is 1.08 bits per heavy atom. The van der Waals surface area contributed by atoms with E-state index in [1.165, 1.54) is 11.3 Å². The largest absolute Gasteiger partial charge is 0.494 e. The highest BCUT2D eigenvalue weighted by Crippen LogP contribution is 2.34. The Bertz CT molecular complexity index is 1390. The molecule has 2 aromatic heterocycles. The van der Waals surface area contributed by atoms with Crippen LogP contribution < -0.4 is 15.0 Å². The van der Waals surface area contributed by atoms with E-state index in [1.54, 1.807) is 19.6 Å². The van der Waals surface area contributed by atoms with Gasteiger partial charge in [-0.15, -0.1) is 5.10 Å². The van der Waals surface area contributed by atoms with E-state index in [1.807, 2.05) is 29.1 Å². The van der Waals surface area contributed by atoms with Crippen LogP contribution in [0, 0.1) is 0 Å². The van der Waals surface area contributed by atoms with E-state index in [-0.39, 0.29) is 5.92 Å². The van der Waals surface area contributed by atoms with Gasteiger partial charge in [-0.2, -0.15) is 4.98 Å². The van der Waals surface area contributed by atoms with Crippen LogP contribution in [0.25, 0.3) is 5.69 Å². The summed E-state index contributed by atoms with van der Waals surface area (Å²) in [5.74, 6) is 2.49. The zero-order chi connectivity index (χ0) is 24.5. The van der Waals surface area contributed by atoms with Gasteiger partial charge in [0.1, 0.15) is 23.1 Å². The van der Waals surface area contributed by atoms with Crippen LogP contribution in [0.3, 0.4) is 0 Å². The molecule has 4 aromatic rings. The molecule has 4 heterocycles. The monoisotopic (exact) mass is 502 g/mol. The molecular weight excluding hydrogens is 476 g/mol. The number of hydrogen-bond donors (Lipinski definition) is 1. The summed E-state index contributed by atoms with van der Waals surface area (Å²) < 4.78 is 9.50. The molecule has 0 fully saturated rings. The first-order valence-corrected chi connectivity index (χ1v) is 12.5. The van der Waals surface area contributed by atoms with Crippen molar-refractivity contribution in [1.29, 1.82) is 0 Å². The van der Waals surface area contributed by atoms with Gasteiger partial charge >= 0.3 is 0 Å². The van der Waals surface area contributed by atoms with Gasteiger partial charge in [0.2, 0.25) is 5.95 Å². The minimum Gasteiger partial charge on any atom is -0.494 e. The first-order chi connectivity index (χ1) is 17.7. The van der Waals surface area contributed by atoms with Crippen molar-refractivity contribution in [2.75, 3.05) is 30.4 Å². The third-order valence-corrected chi connectivity index (χ3v) is 6.90. The molecule has 0 amide bonds. The number of nitrogens with zero attached hydrogens (tertiary/aromatic N) is 7. The number of anilines is 3. The molecule has 184 valence electrons. The lowest BCUT2D eigenvalue weighted by Crippen LogP contribution is -2.18. The van der Waals surface area contributed by atoms with Gasteiger partial charge in [-0.25, -0.2) is 9.67 Å². The van der Waals surface area contributed by atoms with Gasteiger partial charge < -0.3 is 19.5 Å². The number of nitrogens with one attached hydrogen (secondary N) is 1. The minimum atomic E-state index is 0.208. The molecule has 6 rings (SSSR count). The molecule has 36 heavy (non-hydrogen) atoms. The molecule has 0 bridgehead atoms. The Kier molecular flexibility index (Phi) is 6.06. The predicted octanol–water partition coefficient (Wildman–Crippen LogP) is 5.03. The zero-order valence-electron chi connectivity index (χ0n) is 20.0. The third kappa shape index (κ3) is 4.42. The van der Waals surface area contributed by atoms with E-state index < -0.39 is 0 Å². The van der Waals surface area contributed by atoms with Crippen molar-refractivity contribution < 1.29 is 4.74 Å². The van der Waals surface area contributed by atoms with Crippen LogP contribution in [0.1, 0.15) is 36.6 Å². The Morgan fingerprint density at radius 3 is 2.72 bits per heavy atom. The number of ether oxygens (including phenoxy) is 1. The predicted molar refractivity (Wildman–Crippen MR) is 141 cm³/mol. The number of aromatic nitrogens is 5. The average Bonchev–Trinajstić information content (AvgIpc) is 3.64. The molecule has 1 N–H and O–H groups in total. The average molecular weight is 503 g/mol. The Hall–Kier alpha value is -3.85. The van der Waals surface area contributed by atoms with E-state index in [2.05, 4.69) is 49.1 Å². The molecular formula is C26H27ClN8O. The van der Waals surface area contributed by atoms with E-state index in [0.29, 0.717) is 16.9 Å².